The molecule has 0 amide bonds. The van der Waals surface area contributed by atoms with Crippen molar-refractivity contribution in [1.29, 1.82) is 0 Å². The maximum atomic E-state index is 13.8. The maximum absolute atomic E-state index is 13.8. The SMILES string of the molecule is CCOc1cc(C2C3=C(CCCC3=O)N(CCc3ccccc3)C3=C2C(=O)CCC3)cc(Br)c1OCc1ccc([N+](=O)[O-])cc1. The zero-order chi connectivity index (χ0) is 31.5. The highest BCUT2D eigenvalue weighted by atomic mass is 79.9. The van der Waals surface area contributed by atoms with E-state index in [9.17, 15) is 19.7 Å². The second-order valence-corrected chi connectivity index (χ2v) is 12.4. The first kappa shape index (κ1) is 30.8. The fourth-order valence-corrected chi connectivity index (χ4v) is 7.31. The summed E-state index contributed by atoms with van der Waals surface area (Å²) >= 11 is 3.70. The summed E-state index contributed by atoms with van der Waals surface area (Å²) in [7, 11) is 0. The highest BCUT2D eigenvalue weighted by Crippen LogP contribution is 2.51. The second-order valence-electron chi connectivity index (χ2n) is 11.6. The monoisotopic (exact) mass is 670 g/mol. The number of rotatable bonds is 10. The number of hydrogen-bond acceptors (Lipinski definition) is 7. The van der Waals surface area contributed by atoms with Crippen LogP contribution in [0.5, 0.6) is 11.5 Å². The Morgan fingerprint density at radius 3 is 2.11 bits per heavy atom. The van der Waals surface area contributed by atoms with Gasteiger partial charge in [0.1, 0.15) is 6.61 Å². The van der Waals surface area contributed by atoms with Crippen molar-refractivity contribution in [3.8, 4) is 11.5 Å². The molecule has 45 heavy (non-hydrogen) atoms. The molecule has 3 aliphatic rings. The number of ether oxygens (including phenoxy) is 2. The first-order chi connectivity index (χ1) is 21.9. The minimum Gasteiger partial charge on any atom is -0.490 e. The molecule has 3 aromatic carbocycles. The highest BCUT2D eigenvalue weighted by Gasteiger charge is 2.43. The van der Waals surface area contributed by atoms with E-state index in [1.165, 1.54) is 17.7 Å². The lowest BCUT2D eigenvalue weighted by molar-refractivity contribution is -0.384. The Hall–Kier alpha value is -4.24. The van der Waals surface area contributed by atoms with Gasteiger partial charge in [-0.05, 0) is 95.9 Å². The number of non-ortho nitro benzene ring substituents is 1. The van der Waals surface area contributed by atoms with E-state index in [2.05, 4.69) is 33.0 Å². The predicted octanol–water partition coefficient (Wildman–Crippen LogP) is 7.99. The van der Waals surface area contributed by atoms with Crippen LogP contribution in [0.4, 0.5) is 5.69 Å². The standard InChI is InChI=1S/C36H35BrN2O6/c1-2-44-32-21-25(20-27(37)36(32)45-22-24-14-16-26(17-15-24)39(42)43)33-34-28(10-6-12-30(34)40)38(19-18-23-8-4-3-5-9-23)29-11-7-13-31(41)35(29)33/h3-5,8-9,14-17,20-21,33H,2,6-7,10-13,18-19,22H2,1H3. The van der Waals surface area contributed by atoms with Crippen molar-refractivity contribution in [1.82, 2.24) is 4.90 Å². The number of nitrogens with zero attached hydrogens (tertiary/aromatic N) is 2. The molecule has 0 aromatic heterocycles. The zero-order valence-corrected chi connectivity index (χ0v) is 26.8. The van der Waals surface area contributed by atoms with E-state index in [0.717, 1.165) is 72.3 Å². The summed E-state index contributed by atoms with van der Waals surface area (Å²) in [5.41, 5.74) is 6.40. The number of nitro groups is 1. The van der Waals surface area contributed by atoms with Gasteiger partial charge in [0.15, 0.2) is 23.1 Å². The van der Waals surface area contributed by atoms with Gasteiger partial charge in [-0.15, -0.1) is 0 Å². The Kier molecular flexibility index (Phi) is 9.16. The van der Waals surface area contributed by atoms with E-state index in [1.807, 2.05) is 37.3 Å². The summed E-state index contributed by atoms with van der Waals surface area (Å²) in [4.78, 5) is 40.4. The van der Waals surface area contributed by atoms with Crippen molar-refractivity contribution in [2.75, 3.05) is 13.2 Å². The largest absolute Gasteiger partial charge is 0.490 e. The van der Waals surface area contributed by atoms with E-state index in [0.29, 0.717) is 35.4 Å². The lowest BCUT2D eigenvalue weighted by atomic mass is 9.71. The number of ketones is 2. The van der Waals surface area contributed by atoms with Crippen LogP contribution < -0.4 is 9.47 Å². The summed E-state index contributed by atoms with van der Waals surface area (Å²) in [5.74, 6) is 0.730. The van der Waals surface area contributed by atoms with Crippen molar-refractivity contribution < 1.29 is 24.0 Å². The molecule has 1 heterocycles. The van der Waals surface area contributed by atoms with Crippen molar-refractivity contribution >= 4 is 33.2 Å². The van der Waals surface area contributed by atoms with Gasteiger partial charge in [-0.1, -0.05) is 30.3 Å². The van der Waals surface area contributed by atoms with Gasteiger partial charge >= 0.3 is 0 Å². The molecular formula is C36H35BrN2O6. The third-order valence-electron chi connectivity index (χ3n) is 8.75. The molecule has 232 valence electrons. The van der Waals surface area contributed by atoms with Crippen molar-refractivity contribution in [2.24, 2.45) is 0 Å². The first-order valence-corrected chi connectivity index (χ1v) is 16.3. The predicted molar refractivity (Wildman–Crippen MR) is 174 cm³/mol. The molecule has 0 saturated carbocycles. The highest BCUT2D eigenvalue weighted by molar-refractivity contribution is 9.10. The number of Topliss-reactive ketones (excluding diaryl/α,β-unsaturated/α-hetero) is 2. The fourth-order valence-electron chi connectivity index (χ4n) is 6.73. The van der Waals surface area contributed by atoms with Gasteiger partial charge in [0.25, 0.3) is 5.69 Å². The molecule has 8 nitrogen and oxygen atoms in total. The van der Waals surface area contributed by atoms with Crippen molar-refractivity contribution in [3.63, 3.8) is 0 Å². The van der Waals surface area contributed by atoms with Crippen LogP contribution in [0.2, 0.25) is 0 Å². The third kappa shape index (κ3) is 6.31. The Balaban J connectivity index is 1.39. The molecule has 0 spiro atoms. The molecule has 9 heteroatoms. The van der Waals surface area contributed by atoms with Gasteiger partial charge in [0.2, 0.25) is 0 Å². The van der Waals surface area contributed by atoms with Crippen molar-refractivity contribution in [2.45, 2.75) is 64.4 Å². The number of carbonyl (C=O) groups is 2. The summed E-state index contributed by atoms with van der Waals surface area (Å²) in [6.45, 7) is 3.18. The molecular weight excluding hydrogens is 636 g/mol. The number of hydrogen-bond donors (Lipinski definition) is 0. The number of nitro benzene ring substituents is 1. The fraction of sp³-hybridized carbons (Fsp3) is 0.333. The number of halogens is 1. The van der Waals surface area contributed by atoms with Gasteiger partial charge < -0.3 is 14.4 Å². The van der Waals surface area contributed by atoms with E-state index in [-0.39, 0.29) is 23.9 Å². The number of allylic oxidation sites excluding steroid dienone is 4. The Bertz CT molecular complexity index is 1650. The van der Waals surface area contributed by atoms with Crippen LogP contribution in [0.15, 0.2) is 93.7 Å². The van der Waals surface area contributed by atoms with Gasteiger partial charge in [-0.3, -0.25) is 19.7 Å². The third-order valence-corrected chi connectivity index (χ3v) is 9.34. The van der Waals surface area contributed by atoms with Gasteiger partial charge in [0.05, 0.1) is 16.0 Å². The quantitative estimate of drug-likeness (QED) is 0.159. The molecule has 2 aliphatic carbocycles. The molecule has 6 rings (SSSR count). The molecule has 0 bridgehead atoms. The van der Waals surface area contributed by atoms with E-state index >= 15 is 0 Å². The van der Waals surface area contributed by atoms with Gasteiger partial charge in [0, 0.05) is 60.0 Å². The molecule has 1 aliphatic heterocycles. The van der Waals surface area contributed by atoms with Crippen LogP contribution in [0.25, 0.3) is 0 Å². The normalized spacial score (nSPS) is 16.9. The molecule has 3 aromatic rings. The number of benzene rings is 3. The molecule has 0 fully saturated rings. The minimum atomic E-state index is -0.470. The first-order valence-electron chi connectivity index (χ1n) is 15.5. The van der Waals surface area contributed by atoms with E-state index in [4.69, 9.17) is 9.47 Å². The van der Waals surface area contributed by atoms with E-state index in [1.54, 1.807) is 12.1 Å². The van der Waals surface area contributed by atoms with Crippen LogP contribution >= 0.6 is 15.9 Å². The van der Waals surface area contributed by atoms with Gasteiger partial charge in [-0.2, -0.15) is 0 Å². The molecule has 0 atom stereocenters. The lowest BCUT2D eigenvalue weighted by Gasteiger charge is -2.44. The average molecular weight is 672 g/mol. The van der Waals surface area contributed by atoms with Gasteiger partial charge in [-0.25, -0.2) is 0 Å². The smallest absolute Gasteiger partial charge is 0.269 e. The lowest BCUT2D eigenvalue weighted by Crippen LogP contribution is -2.40. The zero-order valence-electron chi connectivity index (χ0n) is 25.2. The minimum absolute atomic E-state index is 0.0160. The average Bonchev–Trinajstić information content (AvgIpc) is 3.04. The van der Waals surface area contributed by atoms with Crippen LogP contribution in [-0.4, -0.2) is 34.5 Å². The summed E-state index contributed by atoms with van der Waals surface area (Å²) < 4.78 is 12.9. The molecule has 0 unspecified atom stereocenters. The Morgan fingerprint density at radius 2 is 1.51 bits per heavy atom. The summed E-state index contributed by atoms with van der Waals surface area (Å²) in [5, 5.41) is 11.0. The Morgan fingerprint density at radius 1 is 0.867 bits per heavy atom. The van der Waals surface area contributed by atoms with Crippen LogP contribution in [-0.2, 0) is 22.6 Å². The van der Waals surface area contributed by atoms with Crippen molar-refractivity contribution in [3.05, 3.63) is 121 Å². The Labute approximate surface area is 271 Å². The topological polar surface area (TPSA) is 99.0 Å². The van der Waals surface area contributed by atoms with Crippen LogP contribution in [0.1, 0.15) is 68.1 Å². The summed E-state index contributed by atoms with van der Waals surface area (Å²) in [6, 6.07) is 20.4. The van der Waals surface area contributed by atoms with Crippen LogP contribution in [0.3, 0.4) is 0 Å². The van der Waals surface area contributed by atoms with Crippen LogP contribution in [0, 0.1) is 10.1 Å². The maximum Gasteiger partial charge on any atom is 0.269 e. The molecule has 0 N–H and O–H groups in total. The summed E-state index contributed by atoms with van der Waals surface area (Å²) in [6.07, 6.45) is 4.95. The molecule has 0 radical (unpaired) electrons. The van der Waals surface area contributed by atoms with E-state index < -0.39 is 10.8 Å². The number of carbonyl (C=O) groups excluding carboxylic acids is 2. The second kappa shape index (κ2) is 13.4. The molecule has 0 saturated heterocycles.